The van der Waals surface area contributed by atoms with E-state index in [0.717, 1.165) is 5.56 Å². The van der Waals surface area contributed by atoms with Crippen LogP contribution in [0.2, 0.25) is 0 Å². The number of hydrogen-bond donors (Lipinski definition) is 18. The second-order valence-corrected chi connectivity index (χ2v) is 26.9. The molecule has 2 aromatic carbocycles. The summed E-state index contributed by atoms with van der Waals surface area (Å²) in [4.78, 5) is 175. The lowest BCUT2D eigenvalue weighted by atomic mass is 10.00. The number of nitrogens with two attached hydrogens (primary N) is 7. The van der Waals surface area contributed by atoms with Gasteiger partial charge in [-0.05, 0) is 191 Å². The first-order valence-electron chi connectivity index (χ1n) is 36.8. The molecule has 1 aromatic heterocycles. The van der Waals surface area contributed by atoms with Crippen molar-refractivity contribution in [2.24, 2.45) is 46.1 Å². The third-order valence-corrected chi connectivity index (χ3v) is 17.6. The maximum Gasteiger partial charge on any atom is 0.243 e. The van der Waals surface area contributed by atoms with Crippen LogP contribution >= 0.6 is 0 Å². The number of carbonyl (C=O) groups excluding carboxylic acids is 12. The largest absolute Gasteiger partial charge is 0.370 e. The minimum atomic E-state index is -1.60. The summed E-state index contributed by atoms with van der Waals surface area (Å²) in [5.41, 5.74) is 43.1. The molecular formula is C71H117N21O12. The molecule has 12 amide bonds. The summed E-state index contributed by atoms with van der Waals surface area (Å²) >= 11 is 0. The first kappa shape index (κ1) is 87.4. The fraction of sp³-hybridized carbons (Fsp3) is 0.634. The van der Waals surface area contributed by atoms with Crippen molar-refractivity contribution >= 4 is 70.9 Å². The normalized spacial score (nSPS) is 21.9. The summed E-state index contributed by atoms with van der Waals surface area (Å²) in [5, 5.41) is 38.7. The van der Waals surface area contributed by atoms with Gasteiger partial charge in [0.15, 0.2) is 0 Å². The first-order valence-corrected chi connectivity index (χ1v) is 36.8. The molecule has 1 saturated heterocycles. The van der Waals surface area contributed by atoms with Crippen LogP contribution in [0.1, 0.15) is 178 Å². The van der Waals surface area contributed by atoms with Crippen molar-refractivity contribution in [3.63, 3.8) is 0 Å². The second kappa shape index (κ2) is 49.6. The minimum Gasteiger partial charge on any atom is -0.370 e. The Labute approximate surface area is 610 Å². The summed E-state index contributed by atoms with van der Waals surface area (Å²) in [5.74, 6) is -10.2. The molecule has 4 rings (SSSR count). The molecule has 1 aliphatic rings. The second-order valence-electron chi connectivity index (χ2n) is 26.9. The molecule has 0 bridgehead atoms. The fourth-order valence-electron chi connectivity index (χ4n) is 11.7. The minimum absolute atomic E-state index is 0.00137. The molecule has 0 saturated carbocycles. The highest BCUT2D eigenvalue weighted by atomic mass is 16.2. The van der Waals surface area contributed by atoms with E-state index in [1.165, 1.54) is 0 Å². The number of carbonyl (C=O) groups is 12. The average molecular weight is 1460 g/mol. The highest BCUT2D eigenvalue weighted by molar-refractivity contribution is 6.00. The number of hydrogen-bond acceptors (Lipinski definition) is 20. The van der Waals surface area contributed by atoms with Crippen LogP contribution in [0.4, 0.5) is 0 Å². The summed E-state index contributed by atoms with van der Waals surface area (Å²) < 4.78 is 1.60. The molecule has 0 spiro atoms. The first-order chi connectivity index (χ1) is 50.0. The smallest absolute Gasteiger partial charge is 0.243 e. The zero-order valence-electron chi connectivity index (χ0n) is 60.6. The molecule has 25 N–H and O–H groups in total. The van der Waals surface area contributed by atoms with E-state index < -0.39 is 138 Å². The summed E-state index contributed by atoms with van der Waals surface area (Å²) in [6.45, 7) is 5.21. The van der Waals surface area contributed by atoms with Gasteiger partial charge in [-0.3, -0.25) is 57.5 Å². The summed E-state index contributed by atoms with van der Waals surface area (Å²) in [6, 6.07) is 3.99. The molecule has 33 heteroatoms. The molecule has 578 valence electrons. The van der Waals surface area contributed by atoms with Gasteiger partial charge in [0.25, 0.3) is 0 Å². The zero-order chi connectivity index (χ0) is 76.2. The van der Waals surface area contributed by atoms with Gasteiger partial charge >= 0.3 is 0 Å². The number of aromatic nitrogens is 3. The van der Waals surface area contributed by atoms with E-state index in [1.807, 2.05) is 30.3 Å². The van der Waals surface area contributed by atoms with Crippen molar-refractivity contribution in [3.8, 4) is 0 Å². The molecule has 1 aliphatic heterocycles. The van der Waals surface area contributed by atoms with Crippen molar-refractivity contribution in [1.29, 1.82) is 0 Å². The highest BCUT2D eigenvalue weighted by Gasteiger charge is 2.38. The predicted octanol–water partition coefficient (Wildman–Crippen LogP) is -2.09. The highest BCUT2D eigenvalue weighted by Crippen LogP contribution is 2.16. The zero-order valence-corrected chi connectivity index (χ0v) is 60.6. The predicted molar refractivity (Wildman–Crippen MR) is 391 cm³/mol. The Morgan fingerprint density at radius 3 is 1.01 bits per heavy atom. The van der Waals surface area contributed by atoms with Crippen molar-refractivity contribution in [3.05, 3.63) is 83.7 Å². The van der Waals surface area contributed by atoms with E-state index in [2.05, 4.69) is 68.8 Å². The Kier molecular flexibility index (Phi) is 41.7. The maximum absolute atomic E-state index is 15.1. The van der Waals surface area contributed by atoms with Crippen LogP contribution in [0.5, 0.6) is 0 Å². The van der Waals surface area contributed by atoms with Crippen LogP contribution in [0.15, 0.2) is 66.9 Å². The lowest BCUT2D eigenvalue weighted by Crippen LogP contribution is -2.61. The molecular weight excluding hydrogens is 1340 g/mol. The van der Waals surface area contributed by atoms with Crippen molar-refractivity contribution < 1.29 is 57.5 Å². The van der Waals surface area contributed by atoms with Crippen LogP contribution in [0.25, 0.3) is 0 Å². The van der Waals surface area contributed by atoms with E-state index in [-0.39, 0.29) is 142 Å². The van der Waals surface area contributed by atoms with Crippen molar-refractivity contribution in [2.45, 2.75) is 241 Å². The number of unbranched alkanes of at least 4 members (excludes halogenated alkanes) is 6. The quantitative estimate of drug-likeness (QED) is 0.0274. The lowest BCUT2D eigenvalue weighted by Gasteiger charge is -2.29. The Morgan fingerprint density at radius 2 is 0.683 bits per heavy atom. The van der Waals surface area contributed by atoms with Gasteiger partial charge in [0.1, 0.15) is 66.1 Å². The van der Waals surface area contributed by atoms with E-state index in [9.17, 15) is 52.7 Å². The molecule has 0 aliphatic carbocycles. The average Bonchev–Trinajstić information content (AvgIpc) is 1.07. The van der Waals surface area contributed by atoms with Crippen LogP contribution in [-0.2, 0) is 77.0 Å². The molecule has 3 aromatic rings. The van der Waals surface area contributed by atoms with E-state index in [1.54, 1.807) is 55.1 Å². The van der Waals surface area contributed by atoms with Gasteiger partial charge in [-0.2, -0.15) is 0 Å². The molecule has 0 unspecified atom stereocenters. The van der Waals surface area contributed by atoms with Gasteiger partial charge in [0.05, 0.1) is 19.3 Å². The molecule has 1 fully saturated rings. The van der Waals surface area contributed by atoms with E-state index in [0.29, 0.717) is 75.6 Å². The standard InChI is InChI=1S/C71H117N21O12/c1-46(2)41-58-70(103)87-56(31-33-60(78)93)68(101)83-50(25-9-15-35-72)62(95)80-52(27-11-17-37-74)65(98)86-57(32-34-61(94)79-43-49-45-92(91-90-49)44-48-23-7-4-8-24-48)69(102)84-51(26-10-16-36-73)63(96)82-55(30-14-20-40-77)67(100)89-59(42-47-21-5-3-6-22-47)71(104)85-53(28-12-18-38-75)64(97)81-54(66(99)88-58)29-13-19-39-76/h3-8,21-24,45-46,50-59H,9-20,25-44,72-77H2,1-2H3,(H2,78,93)(H,79,94)(H,80,95)(H,81,97)(H,82,96)(H,83,101)(H,84,102)(H,85,104)(H,86,98)(H,87,103)(H,88,99)(H,89,100)/t50-,51-,52-,53-,54-,55-,56-,57-,58-,59-/m0/s1. The number of nitrogens with one attached hydrogen (secondary N) is 11. The summed E-state index contributed by atoms with van der Waals surface area (Å²) in [7, 11) is 0. The number of benzene rings is 2. The van der Waals surface area contributed by atoms with Gasteiger partial charge in [0, 0.05) is 19.3 Å². The number of primary amides is 1. The van der Waals surface area contributed by atoms with Gasteiger partial charge in [0.2, 0.25) is 70.9 Å². The van der Waals surface area contributed by atoms with Crippen molar-refractivity contribution in [1.82, 2.24) is 73.5 Å². The lowest BCUT2D eigenvalue weighted by molar-refractivity contribution is -0.137. The SMILES string of the molecule is CC(C)C[C@@H]1NC(=O)[C@H](CCCCN)NC(=O)[C@H](CCCCN)NC(=O)[C@H](Cc2ccccc2)NC(=O)[C@H](CCCCN)NC(=O)[C@H](CCCCN)NC(=O)[C@H](CCC(=O)NCc2cn(Cc3ccccc3)nn2)NC(=O)[C@H](CCCCN)NC(=O)[C@H](CCCCN)NC(=O)[C@H](CCC(N)=O)NC1=O. The van der Waals surface area contributed by atoms with E-state index >= 15 is 4.79 Å². The summed E-state index contributed by atoms with van der Waals surface area (Å²) in [6.07, 6.45) is 4.11. The third kappa shape index (κ3) is 33.6. The molecule has 33 nitrogen and oxygen atoms in total. The number of rotatable bonds is 38. The van der Waals surface area contributed by atoms with Gasteiger partial charge in [-0.1, -0.05) is 79.7 Å². The van der Waals surface area contributed by atoms with Gasteiger partial charge in [-0.15, -0.1) is 5.10 Å². The molecule has 0 radical (unpaired) electrons. The Bertz CT molecular complexity index is 3150. The Morgan fingerprint density at radius 1 is 0.394 bits per heavy atom. The van der Waals surface area contributed by atoms with Crippen LogP contribution in [-0.4, -0.2) is 186 Å². The van der Waals surface area contributed by atoms with Gasteiger partial charge < -0.3 is 98.6 Å². The van der Waals surface area contributed by atoms with Gasteiger partial charge in [-0.25, -0.2) is 4.68 Å². The number of nitrogens with zero attached hydrogens (tertiary/aromatic N) is 3. The van der Waals surface area contributed by atoms with E-state index in [4.69, 9.17) is 40.1 Å². The Balaban J connectivity index is 1.92. The molecule has 10 atom stereocenters. The molecule has 104 heavy (non-hydrogen) atoms. The van der Waals surface area contributed by atoms with Crippen LogP contribution in [0.3, 0.4) is 0 Å². The molecule has 2 heterocycles. The van der Waals surface area contributed by atoms with Crippen molar-refractivity contribution in [2.75, 3.05) is 39.3 Å². The van der Waals surface area contributed by atoms with Crippen LogP contribution < -0.4 is 98.6 Å². The maximum atomic E-state index is 15.1. The topological polar surface area (TPSA) is 550 Å². The number of amides is 12. The third-order valence-electron chi connectivity index (χ3n) is 17.6. The monoisotopic (exact) mass is 1460 g/mol. The Hall–Kier alpha value is -9.02. The fourth-order valence-corrected chi connectivity index (χ4v) is 11.7. The van der Waals surface area contributed by atoms with Crippen LogP contribution in [0, 0.1) is 5.92 Å².